The molecule has 3 aromatic rings. The first kappa shape index (κ1) is 18.6. The number of aryl methyl sites for hydroxylation is 1. The number of benzene rings is 3. The summed E-state index contributed by atoms with van der Waals surface area (Å²) in [4.78, 5) is 27.2. The first-order valence-corrected chi connectivity index (χ1v) is 9.16. The fourth-order valence-electron chi connectivity index (χ4n) is 3.52. The van der Waals surface area contributed by atoms with Gasteiger partial charge in [0.25, 0.3) is 11.7 Å². The molecule has 4 nitrogen and oxygen atoms in total. The third-order valence-corrected chi connectivity index (χ3v) is 4.99. The number of aliphatic hydroxyl groups excluding tert-OH is 1. The zero-order valence-electron chi connectivity index (χ0n) is 15.7. The highest BCUT2D eigenvalue weighted by Crippen LogP contribution is 2.42. The SMILES string of the molecule is Cc1ccc([C@H]2/C(=C(\O)c3ccccc3)C(=O)C(=O)N2c2ccc(F)cc2)cc1. The molecule has 0 saturated carbocycles. The summed E-state index contributed by atoms with van der Waals surface area (Å²) in [6.45, 7) is 1.94. The van der Waals surface area contributed by atoms with E-state index >= 15 is 0 Å². The molecule has 29 heavy (non-hydrogen) atoms. The minimum Gasteiger partial charge on any atom is -0.507 e. The molecule has 5 heteroatoms. The predicted molar refractivity (Wildman–Crippen MR) is 109 cm³/mol. The minimum absolute atomic E-state index is 0.00868. The maximum Gasteiger partial charge on any atom is 0.300 e. The number of Topliss-reactive ketones (excluding diaryl/α,β-unsaturated/α-hetero) is 1. The third kappa shape index (κ3) is 3.31. The number of aliphatic hydroxyl groups is 1. The Balaban J connectivity index is 1.94. The fourth-order valence-corrected chi connectivity index (χ4v) is 3.52. The second-order valence-electron chi connectivity index (χ2n) is 6.92. The van der Waals surface area contributed by atoms with Crippen LogP contribution in [0.4, 0.5) is 10.1 Å². The molecule has 0 bridgehead atoms. The number of ketones is 1. The molecule has 1 aliphatic rings. The first-order valence-electron chi connectivity index (χ1n) is 9.16. The van der Waals surface area contributed by atoms with Crippen LogP contribution in [-0.2, 0) is 9.59 Å². The lowest BCUT2D eigenvalue weighted by Gasteiger charge is -2.25. The summed E-state index contributed by atoms with van der Waals surface area (Å²) < 4.78 is 13.4. The molecule has 1 atom stereocenters. The number of carbonyl (C=O) groups is 2. The molecule has 1 amide bonds. The van der Waals surface area contributed by atoms with Crippen LogP contribution in [0.25, 0.3) is 5.76 Å². The van der Waals surface area contributed by atoms with Gasteiger partial charge >= 0.3 is 0 Å². The molecule has 0 aromatic heterocycles. The van der Waals surface area contributed by atoms with Gasteiger partial charge in [-0.25, -0.2) is 4.39 Å². The van der Waals surface area contributed by atoms with E-state index in [9.17, 15) is 19.1 Å². The molecule has 3 aromatic carbocycles. The van der Waals surface area contributed by atoms with Crippen molar-refractivity contribution in [2.75, 3.05) is 4.90 Å². The number of carbonyl (C=O) groups excluding carboxylic acids is 2. The van der Waals surface area contributed by atoms with Crippen molar-refractivity contribution in [3.63, 3.8) is 0 Å². The van der Waals surface area contributed by atoms with Gasteiger partial charge in [0.1, 0.15) is 11.6 Å². The van der Waals surface area contributed by atoms with Crippen LogP contribution in [0.5, 0.6) is 0 Å². The topological polar surface area (TPSA) is 57.6 Å². The zero-order valence-corrected chi connectivity index (χ0v) is 15.7. The molecule has 144 valence electrons. The predicted octanol–water partition coefficient (Wildman–Crippen LogP) is 4.76. The molecule has 1 heterocycles. The minimum atomic E-state index is -0.818. The maximum absolute atomic E-state index is 13.4. The first-order chi connectivity index (χ1) is 14.0. The number of hydrogen-bond acceptors (Lipinski definition) is 3. The summed E-state index contributed by atoms with van der Waals surface area (Å²) in [5.74, 6) is -2.22. The summed E-state index contributed by atoms with van der Waals surface area (Å²) in [5.41, 5.74) is 2.54. The van der Waals surface area contributed by atoms with Crippen LogP contribution in [0.15, 0.2) is 84.4 Å². The largest absolute Gasteiger partial charge is 0.507 e. The smallest absolute Gasteiger partial charge is 0.300 e. The zero-order chi connectivity index (χ0) is 20.5. The summed E-state index contributed by atoms with van der Waals surface area (Å²) in [6, 6.07) is 20.6. The average molecular weight is 387 g/mol. The number of amides is 1. The molecule has 4 rings (SSSR count). The van der Waals surface area contributed by atoms with Crippen molar-refractivity contribution < 1.29 is 19.1 Å². The van der Waals surface area contributed by atoms with E-state index in [0.29, 0.717) is 16.8 Å². The molecular formula is C24H18FNO3. The molecule has 0 aliphatic carbocycles. The molecule has 1 aliphatic heterocycles. The molecular weight excluding hydrogens is 369 g/mol. The van der Waals surface area contributed by atoms with E-state index in [-0.39, 0.29) is 11.3 Å². The van der Waals surface area contributed by atoms with Crippen molar-refractivity contribution in [3.05, 3.63) is 107 Å². The van der Waals surface area contributed by atoms with E-state index in [4.69, 9.17) is 0 Å². The molecule has 0 unspecified atom stereocenters. The van der Waals surface area contributed by atoms with Crippen LogP contribution >= 0.6 is 0 Å². The van der Waals surface area contributed by atoms with Crippen LogP contribution in [-0.4, -0.2) is 16.8 Å². The molecule has 1 fully saturated rings. The Morgan fingerprint density at radius 2 is 1.52 bits per heavy atom. The second-order valence-corrected chi connectivity index (χ2v) is 6.92. The highest BCUT2D eigenvalue weighted by atomic mass is 19.1. The summed E-state index contributed by atoms with van der Waals surface area (Å²) in [6.07, 6.45) is 0. The lowest BCUT2D eigenvalue weighted by Crippen LogP contribution is -2.29. The monoisotopic (exact) mass is 387 g/mol. The van der Waals surface area contributed by atoms with E-state index in [1.54, 1.807) is 30.3 Å². The van der Waals surface area contributed by atoms with E-state index < -0.39 is 23.5 Å². The Labute approximate surface area is 167 Å². The molecule has 1 saturated heterocycles. The fraction of sp³-hybridized carbons (Fsp3) is 0.0833. The van der Waals surface area contributed by atoms with Gasteiger partial charge in [-0.05, 0) is 36.8 Å². The number of anilines is 1. The van der Waals surface area contributed by atoms with Gasteiger partial charge < -0.3 is 5.11 Å². The van der Waals surface area contributed by atoms with E-state index in [1.807, 2.05) is 31.2 Å². The Hall–Kier alpha value is -3.73. The van der Waals surface area contributed by atoms with Crippen LogP contribution < -0.4 is 4.90 Å². The highest BCUT2D eigenvalue weighted by Gasteiger charge is 2.46. The van der Waals surface area contributed by atoms with Gasteiger partial charge in [0.2, 0.25) is 0 Å². The van der Waals surface area contributed by atoms with Gasteiger partial charge in [-0.2, -0.15) is 0 Å². The van der Waals surface area contributed by atoms with Gasteiger partial charge in [0.15, 0.2) is 0 Å². The number of halogens is 1. The normalized spacial score (nSPS) is 18.3. The van der Waals surface area contributed by atoms with Crippen molar-refractivity contribution >= 4 is 23.1 Å². The van der Waals surface area contributed by atoms with Crippen LogP contribution in [0.2, 0.25) is 0 Å². The lowest BCUT2D eigenvalue weighted by atomic mass is 9.94. The Kier molecular flexibility index (Phi) is 4.72. The van der Waals surface area contributed by atoms with E-state index in [2.05, 4.69) is 0 Å². The number of nitrogens with zero attached hydrogens (tertiary/aromatic N) is 1. The quantitative estimate of drug-likeness (QED) is 0.400. The van der Waals surface area contributed by atoms with Crippen LogP contribution in [0.3, 0.4) is 0 Å². The lowest BCUT2D eigenvalue weighted by molar-refractivity contribution is -0.132. The summed E-state index contributed by atoms with van der Waals surface area (Å²) in [7, 11) is 0. The molecule has 0 radical (unpaired) electrons. The van der Waals surface area contributed by atoms with Gasteiger partial charge in [-0.1, -0.05) is 60.2 Å². The van der Waals surface area contributed by atoms with Crippen molar-refractivity contribution in [1.82, 2.24) is 0 Å². The van der Waals surface area contributed by atoms with E-state index in [1.165, 1.54) is 29.2 Å². The summed E-state index contributed by atoms with van der Waals surface area (Å²) in [5, 5.41) is 10.9. The van der Waals surface area contributed by atoms with Gasteiger partial charge in [0, 0.05) is 11.3 Å². The number of hydrogen-bond donors (Lipinski definition) is 1. The summed E-state index contributed by atoms with van der Waals surface area (Å²) >= 11 is 0. The Morgan fingerprint density at radius 1 is 0.897 bits per heavy atom. The third-order valence-electron chi connectivity index (χ3n) is 4.99. The highest BCUT2D eigenvalue weighted by molar-refractivity contribution is 6.51. The molecule has 0 spiro atoms. The average Bonchev–Trinajstić information content (AvgIpc) is 3.00. The van der Waals surface area contributed by atoms with Crippen molar-refractivity contribution in [3.8, 4) is 0 Å². The standard InChI is InChI=1S/C24H18FNO3/c1-15-7-9-16(10-8-15)21-20(22(27)17-5-3-2-4-6-17)23(28)24(29)26(21)19-13-11-18(25)12-14-19/h2-14,21,27H,1H3/b22-20+/t21-/m0/s1. The van der Waals surface area contributed by atoms with Crippen molar-refractivity contribution in [2.45, 2.75) is 13.0 Å². The van der Waals surface area contributed by atoms with Crippen molar-refractivity contribution in [1.29, 1.82) is 0 Å². The Bertz CT molecular complexity index is 1100. The maximum atomic E-state index is 13.4. The van der Waals surface area contributed by atoms with Crippen LogP contribution in [0, 0.1) is 12.7 Å². The van der Waals surface area contributed by atoms with Crippen molar-refractivity contribution in [2.24, 2.45) is 0 Å². The van der Waals surface area contributed by atoms with Gasteiger partial charge in [-0.3, -0.25) is 14.5 Å². The van der Waals surface area contributed by atoms with Crippen LogP contribution in [0.1, 0.15) is 22.7 Å². The Morgan fingerprint density at radius 3 is 2.14 bits per heavy atom. The second kappa shape index (κ2) is 7.36. The van der Waals surface area contributed by atoms with E-state index in [0.717, 1.165) is 5.56 Å². The van der Waals surface area contributed by atoms with Gasteiger partial charge in [0.05, 0.1) is 11.6 Å². The number of rotatable bonds is 3. The molecule has 1 N–H and O–H groups in total. The van der Waals surface area contributed by atoms with Gasteiger partial charge in [-0.15, -0.1) is 0 Å².